The van der Waals surface area contributed by atoms with Crippen LogP contribution in [0, 0.1) is 5.41 Å². The van der Waals surface area contributed by atoms with E-state index in [0.29, 0.717) is 17.7 Å². The molecule has 3 N–H and O–H groups in total. The normalized spacial score (nSPS) is 17.1. The van der Waals surface area contributed by atoms with Crippen LogP contribution in [-0.2, 0) is 4.79 Å². The molecule has 4 nitrogen and oxygen atoms in total. The highest BCUT2D eigenvalue weighted by Crippen LogP contribution is 2.17. The van der Waals surface area contributed by atoms with Crippen molar-refractivity contribution < 1.29 is 4.79 Å². The average molecular weight is 271 g/mol. The van der Waals surface area contributed by atoms with Crippen LogP contribution in [0.15, 0.2) is 0 Å². The van der Waals surface area contributed by atoms with E-state index in [2.05, 4.69) is 16.0 Å². The summed E-state index contributed by atoms with van der Waals surface area (Å²) >= 11 is 5.27. The molecular formula is C13H25N3OS. The minimum absolute atomic E-state index is 0.0236. The zero-order valence-electron chi connectivity index (χ0n) is 11.6. The van der Waals surface area contributed by atoms with E-state index in [1.54, 1.807) is 7.05 Å². The maximum Gasteiger partial charge on any atom is 0.227 e. The van der Waals surface area contributed by atoms with Crippen LogP contribution in [0.1, 0.15) is 46.0 Å². The molecule has 0 saturated heterocycles. The Balaban J connectivity index is 2.29. The lowest BCUT2D eigenvalue weighted by molar-refractivity contribution is -0.128. The van der Waals surface area contributed by atoms with E-state index >= 15 is 0 Å². The van der Waals surface area contributed by atoms with Crippen molar-refractivity contribution in [2.75, 3.05) is 13.6 Å². The van der Waals surface area contributed by atoms with Crippen LogP contribution in [0.2, 0.25) is 0 Å². The smallest absolute Gasteiger partial charge is 0.227 e. The van der Waals surface area contributed by atoms with E-state index in [0.717, 1.165) is 0 Å². The summed E-state index contributed by atoms with van der Waals surface area (Å²) in [5, 5.41) is 9.82. The zero-order valence-corrected chi connectivity index (χ0v) is 12.5. The van der Waals surface area contributed by atoms with Crippen molar-refractivity contribution in [3.05, 3.63) is 0 Å². The number of rotatable bonds is 4. The Morgan fingerprint density at radius 1 is 1.28 bits per heavy atom. The van der Waals surface area contributed by atoms with Gasteiger partial charge < -0.3 is 16.0 Å². The molecule has 0 spiro atoms. The molecule has 0 unspecified atom stereocenters. The number of amides is 1. The molecule has 0 heterocycles. The predicted octanol–water partition coefficient (Wildman–Crippen LogP) is 1.56. The molecule has 5 heteroatoms. The molecular weight excluding hydrogens is 246 g/mol. The molecule has 1 aliphatic carbocycles. The number of hydrogen-bond acceptors (Lipinski definition) is 2. The molecule has 0 atom stereocenters. The van der Waals surface area contributed by atoms with Crippen LogP contribution >= 0.6 is 12.2 Å². The molecule has 1 saturated carbocycles. The van der Waals surface area contributed by atoms with Gasteiger partial charge in [-0.3, -0.25) is 4.79 Å². The third-order valence-electron chi connectivity index (χ3n) is 3.47. The summed E-state index contributed by atoms with van der Waals surface area (Å²) in [6.07, 6.45) is 6.29. The van der Waals surface area contributed by atoms with Crippen LogP contribution in [-0.4, -0.2) is 30.7 Å². The predicted molar refractivity (Wildman–Crippen MR) is 78.5 cm³/mol. The number of hydrogen-bond donors (Lipinski definition) is 3. The third kappa shape index (κ3) is 4.80. The highest BCUT2D eigenvalue weighted by Gasteiger charge is 2.26. The van der Waals surface area contributed by atoms with Crippen LogP contribution in [0.4, 0.5) is 0 Å². The molecule has 0 aliphatic heterocycles. The highest BCUT2D eigenvalue weighted by atomic mass is 32.1. The van der Waals surface area contributed by atoms with Gasteiger partial charge in [-0.25, -0.2) is 0 Å². The Bertz CT molecular complexity index is 299. The van der Waals surface area contributed by atoms with E-state index < -0.39 is 5.41 Å². The van der Waals surface area contributed by atoms with Crippen LogP contribution in [0.25, 0.3) is 0 Å². The summed E-state index contributed by atoms with van der Waals surface area (Å²) in [7, 11) is 1.66. The van der Waals surface area contributed by atoms with Gasteiger partial charge in [-0.2, -0.15) is 0 Å². The fourth-order valence-electron chi connectivity index (χ4n) is 2.20. The van der Waals surface area contributed by atoms with E-state index in [9.17, 15) is 4.79 Å². The minimum atomic E-state index is -0.451. The van der Waals surface area contributed by atoms with Gasteiger partial charge in [0.15, 0.2) is 5.11 Å². The van der Waals surface area contributed by atoms with Crippen molar-refractivity contribution in [2.24, 2.45) is 5.41 Å². The lowest BCUT2D eigenvalue weighted by Gasteiger charge is -2.27. The van der Waals surface area contributed by atoms with Gasteiger partial charge in [0, 0.05) is 19.6 Å². The quantitative estimate of drug-likeness (QED) is 0.679. The van der Waals surface area contributed by atoms with Crippen LogP contribution in [0.5, 0.6) is 0 Å². The van der Waals surface area contributed by atoms with Crippen molar-refractivity contribution in [1.82, 2.24) is 16.0 Å². The van der Waals surface area contributed by atoms with E-state index in [-0.39, 0.29) is 5.91 Å². The fraction of sp³-hybridized carbons (Fsp3) is 0.846. The molecule has 0 aromatic carbocycles. The topological polar surface area (TPSA) is 53.2 Å². The lowest BCUT2D eigenvalue weighted by Crippen LogP contribution is -2.48. The molecule has 1 amide bonds. The molecule has 0 aromatic heterocycles. The van der Waals surface area contributed by atoms with Gasteiger partial charge in [0.05, 0.1) is 5.41 Å². The van der Waals surface area contributed by atoms with Gasteiger partial charge in [0.2, 0.25) is 5.91 Å². The minimum Gasteiger partial charge on any atom is -0.362 e. The number of nitrogens with one attached hydrogen (secondary N) is 3. The Morgan fingerprint density at radius 2 is 1.89 bits per heavy atom. The summed E-state index contributed by atoms with van der Waals surface area (Å²) in [6, 6.07) is 0.502. The first-order valence-corrected chi connectivity index (χ1v) is 7.13. The average Bonchev–Trinajstić information content (AvgIpc) is 2.36. The second-order valence-electron chi connectivity index (χ2n) is 5.62. The van der Waals surface area contributed by atoms with E-state index in [1.807, 2.05) is 13.8 Å². The maximum absolute atomic E-state index is 11.6. The standard InChI is InChI=1S/C13H25N3OS/c1-13(2,11(17)14-3)9-15-12(18)16-10-7-5-4-6-8-10/h10H,4-9H2,1-3H3,(H,14,17)(H2,15,16,18). The Labute approximate surface area is 115 Å². The van der Waals surface area contributed by atoms with Crippen molar-refractivity contribution in [3.8, 4) is 0 Å². The SMILES string of the molecule is CNC(=O)C(C)(C)CNC(=S)NC1CCCCC1. The number of thiocarbonyl (C=S) groups is 1. The molecule has 1 rings (SSSR count). The molecule has 18 heavy (non-hydrogen) atoms. The van der Waals surface area contributed by atoms with Gasteiger partial charge in [0.1, 0.15) is 0 Å². The van der Waals surface area contributed by atoms with Gasteiger partial charge in [-0.05, 0) is 38.9 Å². The molecule has 0 aromatic rings. The second-order valence-corrected chi connectivity index (χ2v) is 6.03. The van der Waals surface area contributed by atoms with Crippen molar-refractivity contribution >= 4 is 23.2 Å². The Hall–Kier alpha value is -0.840. The van der Waals surface area contributed by atoms with Gasteiger partial charge >= 0.3 is 0 Å². The fourth-order valence-corrected chi connectivity index (χ4v) is 2.44. The summed E-state index contributed by atoms with van der Waals surface area (Å²) in [5.74, 6) is 0.0236. The molecule has 1 aliphatic rings. The van der Waals surface area contributed by atoms with Gasteiger partial charge in [-0.1, -0.05) is 19.3 Å². The number of carbonyl (C=O) groups excluding carboxylic acids is 1. The summed E-state index contributed by atoms with van der Waals surface area (Å²) in [4.78, 5) is 11.6. The molecule has 0 bridgehead atoms. The monoisotopic (exact) mass is 271 g/mol. The first-order chi connectivity index (χ1) is 8.45. The first-order valence-electron chi connectivity index (χ1n) is 6.72. The Kier molecular flexibility index (Phi) is 5.85. The summed E-state index contributed by atoms with van der Waals surface area (Å²) in [5.41, 5.74) is -0.451. The maximum atomic E-state index is 11.6. The zero-order chi connectivity index (χ0) is 13.6. The first kappa shape index (κ1) is 15.2. The third-order valence-corrected chi connectivity index (χ3v) is 3.74. The van der Waals surface area contributed by atoms with Crippen molar-refractivity contribution in [3.63, 3.8) is 0 Å². The van der Waals surface area contributed by atoms with E-state index in [1.165, 1.54) is 32.1 Å². The van der Waals surface area contributed by atoms with Crippen molar-refractivity contribution in [2.45, 2.75) is 52.0 Å². The highest BCUT2D eigenvalue weighted by molar-refractivity contribution is 7.80. The largest absolute Gasteiger partial charge is 0.362 e. The molecule has 104 valence electrons. The van der Waals surface area contributed by atoms with Gasteiger partial charge in [0.25, 0.3) is 0 Å². The second kappa shape index (κ2) is 6.92. The lowest BCUT2D eigenvalue weighted by atomic mass is 9.92. The van der Waals surface area contributed by atoms with Crippen LogP contribution < -0.4 is 16.0 Å². The van der Waals surface area contributed by atoms with Crippen LogP contribution in [0.3, 0.4) is 0 Å². The van der Waals surface area contributed by atoms with Gasteiger partial charge in [-0.15, -0.1) is 0 Å². The number of carbonyl (C=O) groups is 1. The summed E-state index contributed by atoms with van der Waals surface area (Å²) in [6.45, 7) is 4.36. The van der Waals surface area contributed by atoms with E-state index in [4.69, 9.17) is 12.2 Å². The molecule has 1 fully saturated rings. The molecule has 0 radical (unpaired) electrons. The van der Waals surface area contributed by atoms with Crippen molar-refractivity contribution in [1.29, 1.82) is 0 Å². The Morgan fingerprint density at radius 3 is 2.44 bits per heavy atom. The summed E-state index contributed by atoms with van der Waals surface area (Å²) < 4.78 is 0.